The van der Waals surface area contributed by atoms with Crippen molar-refractivity contribution in [2.45, 2.75) is 38.8 Å². The Balaban J connectivity index is 2.02. The van der Waals surface area contributed by atoms with Crippen molar-refractivity contribution in [3.63, 3.8) is 0 Å². The molecule has 2 rings (SSSR count). The number of rotatable bonds is 3. The molecule has 2 atom stereocenters. The smallest absolute Gasteiger partial charge is 0.282 e. The van der Waals surface area contributed by atoms with Gasteiger partial charge in [0, 0.05) is 32.2 Å². The van der Waals surface area contributed by atoms with Gasteiger partial charge in [0.15, 0.2) is 0 Å². The van der Waals surface area contributed by atoms with E-state index >= 15 is 0 Å². The number of hydrogen-bond acceptors (Lipinski definition) is 4. The highest BCUT2D eigenvalue weighted by Gasteiger charge is 2.36. The summed E-state index contributed by atoms with van der Waals surface area (Å²) in [4.78, 5) is 0. The molecule has 0 saturated carbocycles. The number of ether oxygens (including phenoxy) is 1. The molecule has 19 heavy (non-hydrogen) atoms. The van der Waals surface area contributed by atoms with Gasteiger partial charge >= 0.3 is 0 Å². The zero-order valence-electron chi connectivity index (χ0n) is 11.8. The van der Waals surface area contributed by atoms with Gasteiger partial charge in [0.25, 0.3) is 10.2 Å². The average molecular weight is 291 g/mol. The summed E-state index contributed by atoms with van der Waals surface area (Å²) < 4.78 is 33.8. The standard InChI is InChI=1S/C12H25N3O3S/c1-10-3-5-14(6-4-10)19(16,17)15-7-8-18-12(9-15)11(2)13/h10-12H,3-9,13H2,1-2H3. The summed E-state index contributed by atoms with van der Waals surface area (Å²) in [5.41, 5.74) is 5.81. The van der Waals surface area contributed by atoms with Crippen LogP contribution in [0.4, 0.5) is 0 Å². The summed E-state index contributed by atoms with van der Waals surface area (Å²) in [6.07, 6.45) is 1.69. The molecule has 0 aromatic heterocycles. The lowest BCUT2D eigenvalue weighted by Gasteiger charge is -2.38. The molecular formula is C12H25N3O3S. The summed E-state index contributed by atoms with van der Waals surface area (Å²) in [6.45, 7) is 6.50. The Labute approximate surface area is 116 Å². The van der Waals surface area contributed by atoms with Gasteiger partial charge in [-0.2, -0.15) is 17.0 Å². The minimum absolute atomic E-state index is 0.153. The Morgan fingerprint density at radius 3 is 2.42 bits per heavy atom. The maximum atomic E-state index is 12.6. The van der Waals surface area contributed by atoms with Crippen molar-refractivity contribution in [2.24, 2.45) is 11.7 Å². The van der Waals surface area contributed by atoms with Gasteiger partial charge in [0.05, 0.1) is 12.7 Å². The lowest BCUT2D eigenvalue weighted by atomic mass is 10.0. The first kappa shape index (κ1) is 15.2. The van der Waals surface area contributed by atoms with Crippen LogP contribution in [0.15, 0.2) is 0 Å². The molecule has 0 aromatic rings. The van der Waals surface area contributed by atoms with Gasteiger partial charge in [-0.25, -0.2) is 0 Å². The fourth-order valence-electron chi connectivity index (χ4n) is 2.56. The highest BCUT2D eigenvalue weighted by atomic mass is 32.2. The van der Waals surface area contributed by atoms with Gasteiger partial charge in [-0.05, 0) is 25.7 Å². The largest absolute Gasteiger partial charge is 0.374 e. The fourth-order valence-corrected chi connectivity index (χ4v) is 4.20. The summed E-state index contributed by atoms with van der Waals surface area (Å²) >= 11 is 0. The first-order chi connectivity index (χ1) is 8.91. The third-order valence-corrected chi connectivity index (χ3v) is 6.04. The summed E-state index contributed by atoms with van der Waals surface area (Å²) in [6, 6.07) is -0.153. The van der Waals surface area contributed by atoms with E-state index in [-0.39, 0.29) is 12.1 Å². The molecule has 2 saturated heterocycles. The van der Waals surface area contributed by atoms with Crippen molar-refractivity contribution in [3.8, 4) is 0 Å². The van der Waals surface area contributed by atoms with Crippen LogP contribution in [0.25, 0.3) is 0 Å². The highest BCUT2D eigenvalue weighted by molar-refractivity contribution is 7.86. The second-order valence-electron chi connectivity index (χ2n) is 5.72. The van der Waals surface area contributed by atoms with Crippen LogP contribution in [0.5, 0.6) is 0 Å². The summed E-state index contributed by atoms with van der Waals surface area (Å²) in [5, 5.41) is 0. The van der Waals surface area contributed by atoms with E-state index in [0.717, 1.165) is 12.8 Å². The SMILES string of the molecule is CC1CCN(S(=O)(=O)N2CCOC(C(C)N)C2)CC1. The Morgan fingerprint density at radius 1 is 1.21 bits per heavy atom. The highest BCUT2D eigenvalue weighted by Crippen LogP contribution is 2.22. The molecule has 112 valence electrons. The van der Waals surface area contributed by atoms with E-state index in [1.807, 2.05) is 6.92 Å². The van der Waals surface area contributed by atoms with Crippen molar-refractivity contribution in [1.29, 1.82) is 0 Å². The molecule has 0 bridgehead atoms. The van der Waals surface area contributed by atoms with Crippen LogP contribution in [-0.4, -0.2) is 62.0 Å². The zero-order chi connectivity index (χ0) is 14.0. The fraction of sp³-hybridized carbons (Fsp3) is 1.00. The van der Waals surface area contributed by atoms with Crippen LogP contribution < -0.4 is 5.73 Å². The first-order valence-corrected chi connectivity index (χ1v) is 8.43. The maximum absolute atomic E-state index is 12.6. The number of hydrogen-bond donors (Lipinski definition) is 1. The van der Waals surface area contributed by atoms with Crippen LogP contribution in [-0.2, 0) is 14.9 Å². The van der Waals surface area contributed by atoms with E-state index in [9.17, 15) is 8.42 Å². The number of nitrogens with two attached hydrogens (primary N) is 1. The van der Waals surface area contributed by atoms with Crippen molar-refractivity contribution < 1.29 is 13.2 Å². The monoisotopic (exact) mass is 291 g/mol. The predicted octanol–water partition coefficient (Wildman–Crippen LogP) is 0.0111. The quantitative estimate of drug-likeness (QED) is 0.795. The van der Waals surface area contributed by atoms with Gasteiger partial charge in [-0.3, -0.25) is 0 Å². The molecule has 2 N–H and O–H groups in total. The van der Waals surface area contributed by atoms with Gasteiger partial charge in [-0.15, -0.1) is 0 Å². The third-order valence-electron chi connectivity index (χ3n) is 4.04. The van der Waals surface area contributed by atoms with Crippen LogP contribution in [0.1, 0.15) is 26.7 Å². The lowest BCUT2D eigenvalue weighted by molar-refractivity contribution is -0.0138. The normalized spacial score (nSPS) is 30.4. The van der Waals surface area contributed by atoms with Crippen molar-refractivity contribution in [2.75, 3.05) is 32.8 Å². The first-order valence-electron chi connectivity index (χ1n) is 7.03. The zero-order valence-corrected chi connectivity index (χ0v) is 12.6. The Kier molecular flexibility index (Phi) is 4.84. The molecule has 7 heteroatoms. The predicted molar refractivity (Wildman–Crippen MR) is 73.9 cm³/mol. The molecular weight excluding hydrogens is 266 g/mol. The van der Waals surface area contributed by atoms with Crippen LogP contribution in [0, 0.1) is 5.92 Å². The molecule has 0 radical (unpaired) electrons. The van der Waals surface area contributed by atoms with Crippen LogP contribution >= 0.6 is 0 Å². The van der Waals surface area contributed by atoms with Gasteiger partial charge < -0.3 is 10.5 Å². The van der Waals surface area contributed by atoms with Crippen LogP contribution in [0.2, 0.25) is 0 Å². The van der Waals surface area contributed by atoms with Gasteiger partial charge in [0.2, 0.25) is 0 Å². The number of piperidine rings is 1. The van der Waals surface area contributed by atoms with E-state index < -0.39 is 10.2 Å². The van der Waals surface area contributed by atoms with Gasteiger partial charge in [0.1, 0.15) is 0 Å². The van der Waals surface area contributed by atoms with Crippen molar-refractivity contribution >= 4 is 10.2 Å². The molecule has 2 aliphatic rings. The Bertz CT molecular complexity index is 391. The Hall–Kier alpha value is -0.210. The molecule has 2 heterocycles. The summed E-state index contributed by atoms with van der Waals surface area (Å²) in [7, 11) is -3.34. The van der Waals surface area contributed by atoms with Crippen LogP contribution in [0.3, 0.4) is 0 Å². The van der Waals surface area contributed by atoms with Crippen molar-refractivity contribution in [1.82, 2.24) is 8.61 Å². The topological polar surface area (TPSA) is 75.9 Å². The van der Waals surface area contributed by atoms with Gasteiger partial charge in [-0.1, -0.05) is 6.92 Å². The lowest BCUT2D eigenvalue weighted by Crippen LogP contribution is -2.55. The molecule has 0 aliphatic carbocycles. The van der Waals surface area contributed by atoms with E-state index in [1.54, 1.807) is 4.31 Å². The summed E-state index contributed by atoms with van der Waals surface area (Å²) in [5.74, 6) is 0.618. The second-order valence-corrected chi connectivity index (χ2v) is 7.64. The third kappa shape index (κ3) is 3.46. The van der Waals surface area contributed by atoms with E-state index in [4.69, 9.17) is 10.5 Å². The number of morpholine rings is 1. The molecule has 2 unspecified atom stereocenters. The molecule has 0 spiro atoms. The Morgan fingerprint density at radius 2 is 1.84 bits per heavy atom. The van der Waals surface area contributed by atoms with E-state index in [1.165, 1.54) is 4.31 Å². The van der Waals surface area contributed by atoms with E-state index in [0.29, 0.717) is 38.7 Å². The molecule has 0 aromatic carbocycles. The molecule has 2 aliphatic heterocycles. The second kappa shape index (κ2) is 6.05. The maximum Gasteiger partial charge on any atom is 0.282 e. The minimum Gasteiger partial charge on any atom is -0.374 e. The van der Waals surface area contributed by atoms with E-state index in [2.05, 4.69) is 6.92 Å². The molecule has 6 nitrogen and oxygen atoms in total. The molecule has 2 fully saturated rings. The minimum atomic E-state index is -3.34. The average Bonchev–Trinajstić information content (AvgIpc) is 2.39. The molecule has 0 amide bonds. The number of nitrogens with zero attached hydrogens (tertiary/aromatic N) is 2. The van der Waals surface area contributed by atoms with Crippen molar-refractivity contribution in [3.05, 3.63) is 0 Å².